The highest BCUT2D eigenvalue weighted by Crippen LogP contribution is 2.45. The molecule has 0 aliphatic heterocycles. The monoisotopic (exact) mass is 250 g/mol. The van der Waals surface area contributed by atoms with Crippen molar-refractivity contribution in [3.05, 3.63) is 28.3 Å². The Morgan fingerprint density at radius 3 is 2.78 bits per heavy atom. The van der Waals surface area contributed by atoms with Crippen molar-refractivity contribution in [2.75, 3.05) is 18.5 Å². The summed E-state index contributed by atoms with van der Waals surface area (Å²) in [7, 11) is 0. The molecule has 5 nitrogen and oxygen atoms in total. The van der Waals surface area contributed by atoms with E-state index in [2.05, 4.69) is 12.2 Å². The number of ether oxygens (including phenoxy) is 1. The highest BCUT2D eigenvalue weighted by Gasteiger charge is 2.36. The average molecular weight is 250 g/mol. The topological polar surface area (TPSA) is 64.4 Å². The number of rotatable bonds is 6. The van der Waals surface area contributed by atoms with Crippen molar-refractivity contribution in [3.63, 3.8) is 0 Å². The van der Waals surface area contributed by atoms with Gasteiger partial charge in [0.05, 0.1) is 11.5 Å². The first kappa shape index (κ1) is 12.7. The molecule has 1 aromatic rings. The van der Waals surface area contributed by atoms with Gasteiger partial charge in [-0.2, -0.15) is 0 Å². The normalized spacial score (nSPS) is 16.1. The van der Waals surface area contributed by atoms with Crippen LogP contribution in [-0.4, -0.2) is 18.1 Å². The van der Waals surface area contributed by atoms with Gasteiger partial charge in [-0.3, -0.25) is 10.1 Å². The fourth-order valence-corrected chi connectivity index (χ4v) is 1.75. The van der Waals surface area contributed by atoms with E-state index in [-0.39, 0.29) is 5.69 Å². The van der Waals surface area contributed by atoms with E-state index in [1.807, 2.05) is 6.92 Å². The minimum Gasteiger partial charge on any atom is -0.487 e. The number of benzene rings is 1. The highest BCUT2D eigenvalue weighted by molar-refractivity contribution is 5.58. The molecule has 1 aromatic carbocycles. The van der Waals surface area contributed by atoms with Crippen LogP contribution in [0.5, 0.6) is 5.75 Å². The fourth-order valence-electron chi connectivity index (χ4n) is 1.75. The van der Waals surface area contributed by atoms with Gasteiger partial charge in [0, 0.05) is 24.4 Å². The summed E-state index contributed by atoms with van der Waals surface area (Å²) in [4.78, 5) is 10.4. The number of anilines is 1. The average Bonchev–Trinajstić information content (AvgIpc) is 3.06. The molecule has 5 heteroatoms. The highest BCUT2D eigenvalue weighted by atomic mass is 16.6. The first-order valence-electron chi connectivity index (χ1n) is 6.19. The smallest absolute Gasteiger partial charge is 0.311 e. The lowest BCUT2D eigenvalue weighted by Gasteiger charge is -2.12. The second-order valence-corrected chi connectivity index (χ2v) is 5.04. The van der Waals surface area contributed by atoms with Crippen LogP contribution in [0.4, 0.5) is 11.4 Å². The van der Waals surface area contributed by atoms with Gasteiger partial charge in [0.15, 0.2) is 5.75 Å². The molecule has 1 aliphatic carbocycles. The van der Waals surface area contributed by atoms with E-state index >= 15 is 0 Å². The third-order valence-corrected chi connectivity index (χ3v) is 3.28. The zero-order chi connectivity index (χ0) is 13.2. The lowest BCUT2D eigenvalue weighted by molar-refractivity contribution is -0.385. The molecule has 1 aliphatic rings. The first-order chi connectivity index (χ1) is 8.54. The molecule has 18 heavy (non-hydrogen) atoms. The van der Waals surface area contributed by atoms with Crippen molar-refractivity contribution in [1.82, 2.24) is 0 Å². The Bertz CT molecular complexity index is 456. The third kappa shape index (κ3) is 2.91. The number of nitro groups is 1. The summed E-state index contributed by atoms with van der Waals surface area (Å²) in [5.41, 5.74) is 1.28. The van der Waals surface area contributed by atoms with Crippen molar-refractivity contribution >= 4 is 11.4 Å². The predicted molar refractivity (Wildman–Crippen MR) is 70.1 cm³/mol. The fraction of sp³-hybridized carbons (Fsp3) is 0.538. The summed E-state index contributed by atoms with van der Waals surface area (Å²) in [6.45, 7) is 5.36. The van der Waals surface area contributed by atoms with Crippen LogP contribution in [0.25, 0.3) is 0 Å². The standard InChI is InChI=1S/C13H18N2O3/c1-3-18-12-8-10(4-5-11(12)15(16)17)14-9-13(2)6-7-13/h4-5,8,14H,3,6-7,9H2,1-2H3. The molecule has 0 amide bonds. The van der Waals surface area contributed by atoms with Gasteiger partial charge >= 0.3 is 5.69 Å². The Balaban J connectivity index is 2.11. The Hall–Kier alpha value is -1.78. The SMILES string of the molecule is CCOc1cc(NCC2(C)CC2)ccc1[N+](=O)[O-]. The summed E-state index contributed by atoms with van der Waals surface area (Å²) in [6, 6.07) is 4.92. The van der Waals surface area contributed by atoms with Crippen LogP contribution in [0.1, 0.15) is 26.7 Å². The second kappa shape index (κ2) is 4.84. The molecule has 0 heterocycles. The summed E-state index contributed by atoms with van der Waals surface area (Å²) < 4.78 is 5.30. The lowest BCUT2D eigenvalue weighted by atomic mass is 10.1. The summed E-state index contributed by atoms with van der Waals surface area (Å²) in [5.74, 6) is 0.327. The van der Waals surface area contributed by atoms with Gasteiger partial charge in [0.1, 0.15) is 0 Å². The minimum atomic E-state index is -0.420. The van der Waals surface area contributed by atoms with Crippen molar-refractivity contribution < 1.29 is 9.66 Å². The predicted octanol–water partition coefficient (Wildman–Crippen LogP) is 3.21. The van der Waals surface area contributed by atoms with Crippen molar-refractivity contribution in [2.45, 2.75) is 26.7 Å². The molecule has 0 radical (unpaired) electrons. The number of hydrogen-bond donors (Lipinski definition) is 1. The molecule has 0 aromatic heterocycles. The van der Waals surface area contributed by atoms with E-state index in [1.165, 1.54) is 18.9 Å². The van der Waals surface area contributed by atoms with Gasteiger partial charge < -0.3 is 10.1 Å². The molecule has 1 fully saturated rings. The van der Waals surface area contributed by atoms with E-state index in [0.717, 1.165) is 12.2 Å². The zero-order valence-corrected chi connectivity index (χ0v) is 10.7. The van der Waals surface area contributed by atoms with Gasteiger partial charge in [-0.1, -0.05) is 6.92 Å². The zero-order valence-electron chi connectivity index (χ0n) is 10.7. The molecule has 1 saturated carbocycles. The molecule has 0 bridgehead atoms. The Morgan fingerprint density at radius 1 is 1.50 bits per heavy atom. The second-order valence-electron chi connectivity index (χ2n) is 5.04. The van der Waals surface area contributed by atoms with Gasteiger partial charge in [0.2, 0.25) is 0 Å². The van der Waals surface area contributed by atoms with E-state index in [9.17, 15) is 10.1 Å². The minimum absolute atomic E-state index is 0.0139. The van der Waals surface area contributed by atoms with Crippen molar-refractivity contribution in [1.29, 1.82) is 0 Å². The van der Waals surface area contributed by atoms with Crippen LogP contribution in [0, 0.1) is 15.5 Å². The van der Waals surface area contributed by atoms with Crippen molar-refractivity contribution in [3.8, 4) is 5.75 Å². The van der Waals surface area contributed by atoms with Gasteiger partial charge in [0.25, 0.3) is 0 Å². The Kier molecular flexibility index (Phi) is 3.41. The number of hydrogen-bond acceptors (Lipinski definition) is 4. The number of nitrogens with zero attached hydrogens (tertiary/aromatic N) is 1. The quantitative estimate of drug-likeness (QED) is 0.622. The van der Waals surface area contributed by atoms with Crippen LogP contribution in [-0.2, 0) is 0 Å². The van der Waals surface area contributed by atoms with E-state index < -0.39 is 4.92 Å². The van der Waals surface area contributed by atoms with Crippen LogP contribution in [0.15, 0.2) is 18.2 Å². The van der Waals surface area contributed by atoms with E-state index in [4.69, 9.17) is 4.74 Å². The Morgan fingerprint density at radius 2 is 2.22 bits per heavy atom. The van der Waals surface area contributed by atoms with E-state index in [1.54, 1.807) is 12.1 Å². The molecule has 0 unspecified atom stereocenters. The Labute approximate surface area is 106 Å². The molecule has 0 atom stereocenters. The van der Waals surface area contributed by atoms with Gasteiger partial charge in [-0.15, -0.1) is 0 Å². The maximum absolute atomic E-state index is 10.8. The van der Waals surface area contributed by atoms with Crippen LogP contribution < -0.4 is 10.1 Å². The van der Waals surface area contributed by atoms with E-state index in [0.29, 0.717) is 17.8 Å². The molecule has 0 saturated heterocycles. The van der Waals surface area contributed by atoms with Crippen LogP contribution >= 0.6 is 0 Å². The third-order valence-electron chi connectivity index (χ3n) is 3.28. The summed E-state index contributed by atoms with van der Waals surface area (Å²) in [5, 5.41) is 14.1. The number of nitrogens with one attached hydrogen (secondary N) is 1. The molecule has 98 valence electrons. The molecule has 2 rings (SSSR count). The van der Waals surface area contributed by atoms with Crippen molar-refractivity contribution in [2.24, 2.45) is 5.41 Å². The summed E-state index contributed by atoms with van der Waals surface area (Å²) in [6.07, 6.45) is 2.48. The van der Waals surface area contributed by atoms with Crippen LogP contribution in [0.2, 0.25) is 0 Å². The maximum atomic E-state index is 10.8. The van der Waals surface area contributed by atoms with Gasteiger partial charge in [-0.25, -0.2) is 0 Å². The van der Waals surface area contributed by atoms with Crippen LogP contribution in [0.3, 0.4) is 0 Å². The number of nitro benzene ring substituents is 1. The first-order valence-corrected chi connectivity index (χ1v) is 6.19. The molecular weight excluding hydrogens is 232 g/mol. The maximum Gasteiger partial charge on any atom is 0.311 e. The molecule has 1 N–H and O–H groups in total. The molecule has 0 spiro atoms. The van der Waals surface area contributed by atoms with Gasteiger partial charge in [-0.05, 0) is 31.2 Å². The molecular formula is C13H18N2O3. The lowest BCUT2D eigenvalue weighted by Crippen LogP contribution is -2.11. The largest absolute Gasteiger partial charge is 0.487 e. The summed E-state index contributed by atoms with van der Waals surface area (Å²) >= 11 is 0.